The van der Waals surface area contributed by atoms with Crippen molar-refractivity contribution < 1.29 is 1.43 Å². The average Bonchev–Trinajstić information content (AvgIpc) is 0.732. The van der Waals surface area contributed by atoms with Crippen LogP contribution in [0.3, 0.4) is 0 Å². The summed E-state index contributed by atoms with van der Waals surface area (Å²) in [7, 11) is 3.26. The van der Waals surface area contributed by atoms with Crippen LogP contribution in [0.2, 0.25) is 0 Å². The minimum Gasteiger partial charge on any atom is -0.309 e. The van der Waals surface area contributed by atoms with Crippen molar-refractivity contribution in [3.05, 3.63) is 379 Å². The topological polar surface area (TPSA) is 6.48 Å². The molecule has 4 aliphatic rings. The molecule has 0 aliphatic carbocycles. The van der Waals surface area contributed by atoms with Crippen LogP contribution in [0, 0.1) is 0 Å². The lowest BCUT2D eigenvalue weighted by Crippen LogP contribution is -2.75. The van der Waals surface area contributed by atoms with E-state index < -0.39 is 0 Å². The molecule has 0 saturated heterocycles. The van der Waals surface area contributed by atoms with E-state index in [4.69, 9.17) is 0 Å². The highest BCUT2D eigenvalue weighted by atomic mass is 79.9. The Labute approximate surface area is 666 Å². The highest BCUT2D eigenvalue weighted by Crippen LogP contribution is 2.55. The third kappa shape index (κ3) is 14.4. The van der Waals surface area contributed by atoms with Crippen LogP contribution in [0.1, 0.15) is 51.4 Å². The summed E-state index contributed by atoms with van der Waals surface area (Å²) in [6, 6.07) is 128. The molecule has 0 atom stereocenters. The van der Waals surface area contributed by atoms with Gasteiger partial charge in [0.2, 0.25) is 20.1 Å². The van der Waals surface area contributed by atoms with Gasteiger partial charge in [-0.15, -0.1) is 15.8 Å². The number of para-hydroxylation sites is 6. The number of nitrogens with zero attached hydrogens (tertiary/aromatic N) is 2. The van der Waals surface area contributed by atoms with Crippen molar-refractivity contribution in [3.8, 4) is 22.3 Å². The van der Waals surface area contributed by atoms with Crippen molar-refractivity contribution in [2.75, 3.05) is 9.80 Å². The zero-order chi connectivity index (χ0) is 72.6. The summed E-state index contributed by atoms with van der Waals surface area (Å²) in [6.07, 6.45) is 0. The van der Waals surface area contributed by atoms with Crippen molar-refractivity contribution >= 4 is 223 Å². The SMILES string of the molecule is BrB1c2ccccc2B(c2ccccc2)c2ccccc21.CC1(C)c2ccccc2N(c2ccccc2-c2ccccc2B2c3ccccc3B(c3ccccc3)c3ccccc32)c2ccccc21.CC1(C)c2ccccc2N(c2ccccc2-c2ccccc2Br)c2ccccc21.S=S=S.S=S=S=S.[HH]. The van der Waals surface area contributed by atoms with Crippen LogP contribution in [0.15, 0.2) is 356 Å². The molecule has 0 fully saturated rings. The zero-order valence-corrected chi connectivity index (χ0v) is 67.2. The van der Waals surface area contributed by atoms with Gasteiger partial charge in [0.25, 0.3) is 5.54 Å². The van der Waals surface area contributed by atoms with Gasteiger partial charge >= 0.3 is 0 Å². The van der Waals surface area contributed by atoms with Crippen molar-refractivity contribution in [2.24, 2.45) is 0 Å². The fourth-order valence-corrected chi connectivity index (χ4v) is 17.8. The van der Waals surface area contributed by atoms with Crippen LogP contribution in [0.5, 0.6) is 0 Å². The summed E-state index contributed by atoms with van der Waals surface area (Å²) in [4.78, 5) is 4.92. The summed E-state index contributed by atoms with van der Waals surface area (Å²) in [6.45, 7) is 9.96. The molecule has 510 valence electrons. The molecule has 14 aromatic rings. The van der Waals surface area contributed by atoms with Gasteiger partial charge in [-0.25, -0.2) is 0 Å². The van der Waals surface area contributed by atoms with E-state index in [0.29, 0.717) is 6.71 Å². The Hall–Kier alpha value is -8.56. The minimum atomic E-state index is -0.110. The largest absolute Gasteiger partial charge is 0.309 e. The van der Waals surface area contributed by atoms with E-state index >= 15 is 0 Å². The third-order valence-corrected chi connectivity index (χ3v) is 24.9. The Morgan fingerprint density at radius 1 is 0.267 bits per heavy atom. The number of halogens is 2. The maximum Gasteiger partial charge on any atom is 0.286 e. The van der Waals surface area contributed by atoms with Gasteiger partial charge in [0.15, 0.2) is 0 Å². The lowest BCUT2D eigenvalue weighted by Gasteiger charge is -2.42. The van der Waals surface area contributed by atoms with E-state index in [1.165, 1.54) is 156 Å². The van der Waals surface area contributed by atoms with Gasteiger partial charge < -0.3 is 9.80 Å². The first-order chi connectivity index (χ1) is 51.4. The summed E-state index contributed by atoms with van der Waals surface area (Å²) in [5.74, 6) is 0. The van der Waals surface area contributed by atoms with Gasteiger partial charge in [-0.05, 0) is 75.8 Å². The molecule has 15 heteroatoms. The second-order valence-electron chi connectivity index (χ2n) is 27.3. The summed E-state index contributed by atoms with van der Waals surface area (Å²) in [5.41, 5.74) is 32.9. The highest BCUT2D eigenvalue weighted by Gasteiger charge is 2.42. The Morgan fingerprint density at radius 2 is 0.505 bits per heavy atom. The van der Waals surface area contributed by atoms with Crippen LogP contribution in [0.4, 0.5) is 34.1 Å². The molecule has 0 N–H and O–H groups in total. The Kier molecular flexibility index (Phi) is 23.1. The van der Waals surface area contributed by atoms with Crippen LogP contribution in [-0.4, -0.2) is 25.7 Å². The first-order valence-electron chi connectivity index (χ1n) is 35.0. The molecule has 0 bridgehead atoms. The second-order valence-corrected chi connectivity index (χ2v) is 34.4. The van der Waals surface area contributed by atoms with Crippen LogP contribution in [-0.2, 0) is 82.2 Å². The molecule has 105 heavy (non-hydrogen) atoms. The second kappa shape index (κ2) is 33.1. The first kappa shape index (κ1) is 73.3. The quantitative estimate of drug-likeness (QED) is 0.146. The predicted octanol–water partition coefficient (Wildman–Crippen LogP) is 16.3. The molecule has 2 nitrogen and oxygen atoms in total. The van der Waals surface area contributed by atoms with Crippen LogP contribution < -0.4 is 69.9 Å². The van der Waals surface area contributed by atoms with Gasteiger partial charge in [-0.2, -0.15) is 0 Å². The van der Waals surface area contributed by atoms with E-state index in [1.807, 2.05) is 0 Å². The molecule has 4 aliphatic heterocycles. The summed E-state index contributed by atoms with van der Waals surface area (Å²) in [5, 5.41) is 0. The van der Waals surface area contributed by atoms with E-state index in [1.54, 1.807) is 0 Å². The third-order valence-electron chi connectivity index (χ3n) is 21.0. The zero-order valence-electron chi connectivity index (χ0n) is 58.3. The number of anilines is 6. The Bertz CT molecular complexity index is 5440. The number of hydrogen-bond acceptors (Lipinski definition) is 6. The number of fused-ring (bicyclic) bond motifs is 8. The normalized spacial score (nSPS) is 13.2. The van der Waals surface area contributed by atoms with Crippen molar-refractivity contribution in [2.45, 2.75) is 38.5 Å². The maximum absolute atomic E-state index is 4.33. The van der Waals surface area contributed by atoms with Crippen molar-refractivity contribution in [1.29, 1.82) is 0 Å². The smallest absolute Gasteiger partial charge is 0.286 e. The molecule has 4 heterocycles. The predicted molar refractivity (Wildman–Crippen MR) is 485 cm³/mol. The van der Waals surface area contributed by atoms with Gasteiger partial charge in [-0.3, -0.25) is 0 Å². The number of hydrogen-bond donors (Lipinski definition) is 0. The van der Waals surface area contributed by atoms with Gasteiger partial charge in [0.1, 0.15) is 0 Å². The molecule has 0 aromatic heterocycles. The van der Waals surface area contributed by atoms with E-state index in [2.05, 4.69) is 466 Å². The molecule has 0 spiro atoms. The van der Waals surface area contributed by atoms with Crippen molar-refractivity contribution in [1.82, 2.24) is 0 Å². The van der Waals surface area contributed by atoms with Gasteiger partial charge in [0.05, 0.1) is 34.1 Å². The molecule has 0 radical (unpaired) electrons. The molecule has 0 saturated carbocycles. The number of benzene rings is 14. The lowest BCUT2D eigenvalue weighted by molar-refractivity contribution is 0.632. The molecule has 0 unspecified atom stereocenters. The molecule has 14 aromatic carbocycles. The lowest BCUT2D eigenvalue weighted by atomic mass is 9.21. The fraction of sp³-hybridized carbons (Fsp3) is 0.0667. The number of rotatable bonds is 7. The van der Waals surface area contributed by atoms with Crippen molar-refractivity contribution in [3.63, 3.8) is 0 Å². The first-order valence-corrected chi connectivity index (χ1v) is 43.4. The molecular weight excluding hydrogens is 1540 g/mol. The van der Waals surface area contributed by atoms with E-state index in [9.17, 15) is 0 Å². The molecule has 18 rings (SSSR count). The van der Waals surface area contributed by atoms with Crippen LogP contribution >= 0.6 is 31.7 Å². The minimum absolute atomic E-state index is 0. The molecular formula is C90H72B4Br2N2S7. The highest BCUT2D eigenvalue weighted by molar-refractivity contribution is 9.25. The van der Waals surface area contributed by atoms with Gasteiger partial charge in [-0.1, -0.05) is 413 Å². The average molecular weight is 1610 g/mol. The van der Waals surface area contributed by atoms with E-state index in [0.717, 1.165) is 13.4 Å². The van der Waals surface area contributed by atoms with E-state index in [-0.39, 0.29) is 31.2 Å². The van der Waals surface area contributed by atoms with Crippen LogP contribution in [0.25, 0.3) is 22.3 Å². The fourth-order valence-electron chi connectivity index (χ4n) is 16.4. The van der Waals surface area contributed by atoms with Gasteiger partial charge in [0, 0.05) is 99.3 Å². The molecule has 0 amide bonds. The maximum atomic E-state index is 4.33. The Morgan fingerprint density at radius 3 is 0.848 bits per heavy atom. The summed E-state index contributed by atoms with van der Waals surface area (Å²) >= 11 is 24.5. The summed E-state index contributed by atoms with van der Waals surface area (Å²) < 4.78 is 1.10. The monoisotopic (exact) mass is 1610 g/mol. The standard InChI is InChI=1S/C45H35B2N.C27H22BrN.C18H13B2Br.S4.S3.H2/c1-45(2)35-22-8-16-30-43(35)48(44-31-17-9-23-36(44)45)42-29-15-7-21-34(42)33-20-6-10-24-37(33)47-40-27-13-11-25-38(40)46(32-18-4-3-5-19-32)39-26-12-14-28-41(39)47;1-27(2)21-13-5-9-17-25(21)29(26-18-10-6-14-22(26)27)24-16-8-4-12-20(24)19-11-3-7-15-23(19)28;21-20-17-12-6-4-10-15(17)19(14-8-2-1-3-9-14)16-11-5-7-13-18(16)20;1-3-4-2;1-3-2;/h3-31H,1-2H3;3-18H,1-2H3;1-13H;;;1H. The Balaban J connectivity index is 0.000000145.